The van der Waals surface area contributed by atoms with Crippen molar-refractivity contribution in [3.8, 4) is 11.3 Å². The van der Waals surface area contributed by atoms with Crippen molar-refractivity contribution in [2.45, 2.75) is 34.6 Å². The highest BCUT2D eigenvalue weighted by Gasteiger charge is 2.18. The van der Waals surface area contributed by atoms with Gasteiger partial charge in [-0.2, -0.15) is 0 Å². The minimum absolute atomic E-state index is 0.722. The summed E-state index contributed by atoms with van der Waals surface area (Å²) in [5, 5.41) is 0. The van der Waals surface area contributed by atoms with Crippen molar-refractivity contribution < 1.29 is 0 Å². The van der Waals surface area contributed by atoms with Gasteiger partial charge >= 0.3 is 0 Å². The SMILES string of the molecule is Cc1cc(C)c(C)c(-c2nc3cccc(C)n3c2N)c1C. The van der Waals surface area contributed by atoms with E-state index in [0.29, 0.717) is 0 Å². The van der Waals surface area contributed by atoms with Crippen LogP contribution in [-0.2, 0) is 0 Å². The van der Waals surface area contributed by atoms with Crippen molar-refractivity contribution in [3.05, 3.63) is 52.2 Å². The standard InChI is InChI=1S/C18H21N3/c1-10-9-11(2)14(5)16(13(10)4)17-18(19)21-12(3)7-6-8-15(21)20-17/h6-9H,19H2,1-5H3. The molecule has 0 aliphatic rings. The molecule has 0 radical (unpaired) electrons. The van der Waals surface area contributed by atoms with Crippen LogP contribution in [0.1, 0.15) is 27.9 Å². The Morgan fingerprint density at radius 2 is 1.57 bits per heavy atom. The van der Waals surface area contributed by atoms with Crippen molar-refractivity contribution in [3.63, 3.8) is 0 Å². The Labute approximate surface area is 125 Å². The Morgan fingerprint density at radius 3 is 2.14 bits per heavy atom. The Morgan fingerprint density at radius 1 is 0.952 bits per heavy atom. The zero-order valence-corrected chi connectivity index (χ0v) is 13.3. The van der Waals surface area contributed by atoms with Gasteiger partial charge in [0.25, 0.3) is 0 Å². The molecule has 108 valence electrons. The van der Waals surface area contributed by atoms with Gasteiger partial charge in [-0.1, -0.05) is 12.1 Å². The van der Waals surface area contributed by atoms with E-state index in [1.165, 1.54) is 27.8 Å². The Hall–Kier alpha value is -2.29. The summed E-state index contributed by atoms with van der Waals surface area (Å²) in [7, 11) is 0. The Bertz CT molecular complexity index is 831. The van der Waals surface area contributed by atoms with Crippen LogP contribution in [0.25, 0.3) is 16.9 Å². The number of nitrogens with zero attached hydrogens (tertiary/aromatic N) is 2. The summed E-state index contributed by atoms with van der Waals surface area (Å²) in [6, 6.07) is 8.30. The van der Waals surface area contributed by atoms with E-state index < -0.39 is 0 Å². The zero-order chi connectivity index (χ0) is 15.3. The molecule has 3 rings (SSSR count). The van der Waals surface area contributed by atoms with Crippen LogP contribution in [0.15, 0.2) is 24.3 Å². The molecule has 0 bridgehead atoms. The summed E-state index contributed by atoms with van der Waals surface area (Å²) in [6.45, 7) is 10.6. The lowest BCUT2D eigenvalue weighted by Crippen LogP contribution is -2.00. The quantitative estimate of drug-likeness (QED) is 0.728. The number of hydrogen-bond acceptors (Lipinski definition) is 2. The molecule has 1 aromatic carbocycles. The van der Waals surface area contributed by atoms with Gasteiger partial charge < -0.3 is 5.73 Å². The van der Waals surface area contributed by atoms with Crippen molar-refractivity contribution in [2.24, 2.45) is 0 Å². The van der Waals surface area contributed by atoms with Gasteiger partial charge in [0.05, 0.1) is 0 Å². The van der Waals surface area contributed by atoms with Gasteiger partial charge in [-0.15, -0.1) is 0 Å². The van der Waals surface area contributed by atoms with E-state index in [2.05, 4.69) is 46.8 Å². The second-order valence-corrected chi connectivity index (χ2v) is 5.84. The van der Waals surface area contributed by atoms with E-state index in [1.807, 2.05) is 16.5 Å². The van der Waals surface area contributed by atoms with Gasteiger partial charge in [-0.05, 0) is 69.0 Å². The average molecular weight is 279 g/mol. The molecule has 21 heavy (non-hydrogen) atoms. The molecule has 0 aliphatic heterocycles. The maximum Gasteiger partial charge on any atom is 0.139 e. The highest BCUT2D eigenvalue weighted by atomic mass is 15.1. The Kier molecular flexibility index (Phi) is 3.01. The third-order valence-corrected chi connectivity index (χ3v) is 4.48. The van der Waals surface area contributed by atoms with Crippen molar-refractivity contribution in [1.82, 2.24) is 9.38 Å². The first-order chi connectivity index (χ1) is 9.91. The topological polar surface area (TPSA) is 43.3 Å². The first-order valence-electron chi connectivity index (χ1n) is 7.23. The van der Waals surface area contributed by atoms with Gasteiger partial charge in [0.1, 0.15) is 17.2 Å². The molecule has 2 N–H and O–H groups in total. The number of fused-ring (bicyclic) bond motifs is 1. The van der Waals surface area contributed by atoms with Gasteiger partial charge in [-0.25, -0.2) is 4.98 Å². The molecule has 0 fully saturated rings. The Balaban J connectivity index is 2.42. The highest BCUT2D eigenvalue weighted by Crippen LogP contribution is 2.35. The van der Waals surface area contributed by atoms with Gasteiger partial charge in [0.2, 0.25) is 0 Å². The number of rotatable bonds is 1. The number of nitrogen functional groups attached to an aromatic ring is 1. The number of anilines is 1. The fourth-order valence-corrected chi connectivity index (χ4v) is 3.04. The molecule has 3 heteroatoms. The molecule has 3 nitrogen and oxygen atoms in total. The highest BCUT2D eigenvalue weighted by molar-refractivity contribution is 5.81. The molecular formula is C18H21N3. The van der Waals surface area contributed by atoms with Crippen LogP contribution in [0.3, 0.4) is 0 Å². The van der Waals surface area contributed by atoms with Gasteiger partial charge in [0, 0.05) is 11.3 Å². The summed E-state index contributed by atoms with van der Waals surface area (Å²) in [5.74, 6) is 0.722. The lowest BCUT2D eigenvalue weighted by molar-refractivity contribution is 1.10. The summed E-state index contributed by atoms with van der Waals surface area (Å²) >= 11 is 0. The lowest BCUT2D eigenvalue weighted by atomic mass is 9.92. The van der Waals surface area contributed by atoms with Crippen molar-refractivity contribution in [1.29, 1.82) is 0 Å². The fraction of sp³-hybridized carbons (Fsp3) is 0.278. The van der Waals surface area contributed by atoms with Crippen LogP contribution >= 0.6 is 0 Å². The van der Waals surface area contributed by atoms with Crippen LogP contribution in [-0.4, -0.2) is 9.38 Å². The van der Waals surface area contributed by atoms with E-state index in [4.69, 9.17) is 10.7 Å². The molecule has 3 aromatic rings. The molecule has 0 unspecified atom stereocenters. The van der Waals surface area contributed by atoms with Crippen LogP contribution in [0.4, 0.5) is 5.82 Å². The third kappa shape index (κ3) is 1.92. The zero-order valence-electron chi connectivity index (χ0n) is 13.3. The van der Waals surface area contributed by atoms with Crippen molar-refractivity contribution >= 4 is 11.5 Å². The largest absolute Gasteiger partial charge is 0.383 e. The maximum atomic E-state index is 6.41. The third-order valence-electron chi connectivity index (χ3n) is 4.48. The summed E-state index contributed by atoms with van der Waals surface area (Å²) in [4.78, 5) is 4.79. The minimum Gasteiger partial charge on any atom is -0.383 e. The predicted octanol–water partition coefficient (Wildman–Crippen LogP) is 4.13. The van der Waals surface area contributed by atoms with E-state index in [9.17, 15) is 0 Å². The summed E-state index contributed by atoms with van der Waals surface area (Å²) in [5.41, 5.74) is 15.6. The van der Waals surface area contributed by atoms with Crippen LogP contribution < -0.4 is 5.73 Å². The number of aromatic nitrogens is 2. The molecule has 0 aliphatic carbocycles. The number of hydrogen-bond donors (Lipinski definition) is 1. The predicted molar refractivity (Wildman–Crippen MR) is 88.7 cm³/mol. The number of pyridine rings is 1. The maximum absolute atomic E-state index is 6.41. The second kappa shape index (κ2) is 4.62. The second-order valence-electron chi connectivity index (χ2n) is 5.84. The molecule has 0 spiro atoms. The van der Waals surface area contributed by atoms with E-state index in [0.717, 1.165) is 22.9 Å². The molecule has 2 aromatic heterocycles. The van der Waals surface area contributed by atoms with E-state index in [-0.39, 0.29) is 0 Å². The fourth-order valence-electron chi connectivity index (χ4n) is 3.04. The summed E-state index contributed by atoms with van der Waals surface area (Å²) in [6.07, 6.45) is 0. The van der Waals surface area contributed by atoms with Gasteiger partial charge in [0.15, 0.2) is 0 Å². The summed E-state index contributed by atoms with van der Waals surface area (Å²) < 4.78 is 2.02. The molecular weight excluding hydrogens is 258 g/mol. The normalized spacial score (nSPS) is 11.3. The van der Waals surface area contributed by atoms with Crippen molar-refractivity contribution in [2.75, 3.05) is 5.73 Å². The first-order valence-corrected chi connectivity index (χ1v) is 7.23. The van der Waals surface area contributed by atoms with Crippen LogP contribution in [0, 0.1) is 34.6 Å². The van der Waals surface area contributed by atoms with E-state index >= 15 is 0 Å². The van der Waals surface area contributed by atoms with Crippen LogP contribution in [0.2, 0.25) is 0 Å². The number of imidazole rings is 1. The lowest BCUT2D eigenvalue weighted by Gasteiger charge is -2.14. The van der Waals surface area contributed by atoms with Gasteiger partial charge in [-0.3, -0.25) is 4.40 Å². The minimum atomic E-state index is 0.722. The molecule has 0 saturated heterocycles. The molecule has 0 atom stereocenters. The van der Waals surface area contributed by atoms with E-state index in [1.54, 1.807) is 0 Å². The molecule has 0 amide bonds. The van der Waals surface area contributed by atoms with Crippen LogP contribution in [0.5, 0.6) is 0 Å². The molecule has 2 heterocycles. The number of nitrogens with two attached hydrogens (primary N) is 1. The number of aryl methyl sites for hydroxylation is 3. The molecule has 0 saturated carbocycles. The number of benzene rings is 1. The first kappa shape index (κ1) is 13.7. The smallest absolute Gasteiger partial charge is 0.139 e. The monoisotopic (exact) mass is 279 g/mol. The average Bonchev–Trinajstić information content (AvgIpc) is 2.76.